The molecule has 80 valence electrons. The summed E-state index contributed by atoms with van der Waals surface area (Å²) in [5, 5.41) is 3.11. The van der Waals surface area contributed by atoms with E-state index in [1.54, 1.807) is 0 Å². The molecule has 0 aromatic carbocycles. The van der Waals surface area contributed by atoms with Crippen LogP contribution in [0.2, 0.25) is 0 Å². The van der Waals surface area contributed by atoms with Crippen LogP contribution in [0.15, 0.2) is 0 Å². The molecule has 2 fully saturated rings. The topological polar surface area (TPSA) is 35.6 Å². The van der Waals surface area contributed by atoms with E-state index < -0.39 is 0 Å². The van der Waals surface area contributed by atoms with Gasteiger partial charge in [-0.3, -0.25) is 9.69 Å². The van der Waals surface area contributed by atoms with Gasteiger partial charge in [-0.2, -0.15) is 0 Å². The highest BCUT2D eigenvalue weighted by atomic mass is 16.2. The molecule has 2 heterocycles. The average molecular weight is 197 g/mol. The van der Waals surface area contributed by atoms with E-state index in [0.717, 1.165) is 32.5 Å². The summed E-state index contributed by atoms with van der Waals surface area (Å²) >= 11 is 0. The molecule has 2 atom stereocenters. The first-order valence-corrected chi connectivity index (χ1v) is 5.39. The number of hydrogen-bond acceptors (Lipinski definition) is 3. The van der Waals surface area contributed by atoms with E-state index in [1.165, 1.54) is 0 Å². The standard InChI is InChI=1S/C10H19N3O/c1-11-4-3-5-13-8-6-9(10(13)14)12(2)7-8/h8-9,11H,3-7H2,1-2H3. The van der Waals surface area contributed by atoms with Crippen LogP contribution < -0.4 is 5.32 Å². The first-order chi connectivity index (χ1) is 6.74. The SMILES string of the molecule is CNCCCN1C(=O)C2CC1CN2C. The fourth-order valence-corrected chi connectivity index (χ4v) is 2.58. The fraction of sp³-hybridized carbons (Fsp3) is 0.900. The monoisotopic (exact) mass is 197 g/mol. The average Bonchev–Trinajstić information content (AvgIpc) is 2.65. The summed E-state index contributed by atoms with van der Waals surface area (Å²) in [5.74, 6) is 0.347. The highest BCUT2D eigenvalue weighted by molar-refractivity contribution is 5.85. The fourth-order valence-electron chi connectivity index (χ4n) is 2.58. The molecule has 0 aromatic rings. The van der Waals surface area contributed by atoms with Gasteiger partial charge in [-0.1, -0.05) is 0 Å². The second-order valence-corrected chi connectivity index (χ2v) is 4.33. The van der Waals surface area contributed by atoms with Gasteiger partial charge in [-0.15, -0.1) is 0 Å². The van der Waals surface area contributed by atoms with Crippen molar-refractivity contribution in [2.45, 2.75) is 24.9 Å². The molecule has 0 saturated carbocycles. The maximum atomic E-state index is 11.8. The van der Waals surface area contributed by atoms with E-state index in [-0.39, 0.29) is 6.04 Å². The van der Waals surface area contributed by atoms with Crippen molar-refractivity contribution in [2.24, 2.45) is 0 Å². The van der Waals surface area contributed by atoms with Gasteiger partial charge in [0.1, 0.15) is 0 Å². The predicted molar refractivity (Wildman–Crippen MR) is 55.1 cm³/mol. The zero-order valence-electron chi connectivity index (χ0n) is 8.99. The number of carbonyl (C=O) groups is 1. The molecule has 0 aromatic heterocycles. The van der Waals surface area contributed by atoms with Crippen LogP contribution in [0.1, 0.15) is 12.8 Å². The number of piperazine rings is 1. The summed E-state index contributed by atoms with van der Waals surface area (Å²) in [7, 11) is 4.00. The molecule has 2 rings (SSSR count). The molecule has 14 heavy (non-hydrogen) atoms. The minimum absolute atomic E-state index is 0.189. The third-order valence-electron chi connectivity index (χ3n) is 3.36. The lowest BCUT2D eigenvalue weighted by molar-refractivity contribution is -0.135. The molecular formula is C10H19N3O. The van der Waals surface area contributed by atoms with Gasteiger partial charge in [0.2, 0.25) is 5.91 Å². The summed E-state index contributed by atoms with van der Waals surface area (Å²) in [5.41, 5.74) is 0. The van der Waals surface area contributed by atoms with Crippen LogP contribution in [-0.2, 0) is 4.79 Å². The maximum Gasteiger partial charge on any atom is 0.240 e. The Bertz CT molecular complexity index is 231. The lowest BCUT2D eigenvalue weighted by Crippen LogP contribution is -2.49. The van der Waals surface area contributed by atoms with Crippen molar-refractivity contribution < 1.29 is 4.79 Å². The number of rotatable bonds is 4. The summed E-state index contributed by atoms with van der Waals surface area (Å²) < 4.78 is 0. The van der Waals surface area contributed by atoms with E-state index in [0.29, 0.717) is 11.9 Å². The molecule has 4 heteroatoms. The number of fused-ring (bicyclic) bond motifs is 2. The zero-order chi connectivity index (χ0) is 10.1. The minimum atomic E-state index is 0.189. The van der Waals surface area contributed by atoms with Crippen LogP contribution in [0.4, 0.5) is 0 Å². The Balaban J connectivity index is 1.87. The smallest absolute Gasteiger partial charge is 0.240 e. The number of nitrogens with zero attached hydrogens (tertiary/aromatic N) is 2. The molecule has 0 radical (unpaired) electrons. The van der Waals surface area contributed by atoms with Crippen LogP contribution in [-0.4, -0.2) is 61.5 Å². The van der Waals surface area contributed by atoms with Gasteiger partial charge in [0.05, 0.1) is 6.04 Å². The first-order valence-electron chi connectivity index (χ1n) is 5.39. The Labute approximate surface area is 85.2 Å². The number of likely N-dealkylation sites (tertiary alicyclic amines) is 2. The van der Waals surface area contributed by atoms with Gasteiger partial charge in [0.15, 0.2) is 0 Å². The minimum Gasteiger partial charge on any atom is -0.337 e. The predicted octanol–water partition coefficient (Wildman–Crippen LogP) is -0.489. The summed E-state index contributed by atoms with van der Waals surface area (Å²) in [4.78, 5) is 16.1. The van der Waals surface area contributed by atoms with Crippen molar-refractivity contribution in [3.8, 4) is 0 Å². The molecule has 2 saturated heterocycles. The summed E-state index contributed by atoms with van der Waals surface area (Å²) in [6.07, 6.45) is 2.12. The van der Waals surface area contributed by atoms with Gasteiger partial charge in [0, 0.05) is 19.1 Å². The van der Waals surface area contributed by atoms with E-state index in [9.17, 15) is 4.79 Å². The van der Waals surface area contributed by atoms with E-state index in [4.69, 9.17) is 0 Å². The number of amides is 1. The molecule has 2 unspecified atom stereocenters. The third kappa shape index (κ3) is 1.53. The number of hydrogen-bond donors (Lipinski definition) is 1. The second kappa shape index (κ2) is 3.87. The van der Waals surface area contributed by atoms with Gasteiger partial charge in [0.25, 0.3) is 0 Å². The number of likely N-dealkylation sites (N-methyl/N-ethyl adjacent to an activating group) is 1. The lowest BCUT2D eigenvalue weighted by atomic mass is 10.2. The quantitative estimate of drug-likeness (QED) is 0.618. The molecule has 0 spiro atoms. The normalized spacial score (nSPS) is 31.9. The highest BCUT2D eigenvalue weighted by Crippen LogP contribution is 2.30. The Morgan fingerprint density at radius 3 is 2.93 bits per heavy atom. The van der Waals surface area contributed by atoms with E-state index in [2.05, 4.69) is 15.1 Å². The maximum absolute atomic E-state index is 11.8. The number of carbonyl (C=O) groups excluding carboxylic acids is 1. The van der Waals surface area contributed by atoms with Crippen molar-refractivity contribution in [1.82, 2.24) is 15.1 Å². The van der Waals surface area contributed by atoms with Crippen LogP contribution in [0.25, 0.3) is 0 Å². The Kier molecular flexibility index (Phi) is 2.74. The van der Waals surface area contributed by atoms with Crippen LogP contribution in [0.5, 0.6) is 0 Å². The molecule has 0 aliphatic carbocycles. The van der Waals surface area contributed by atoms with Gasteiger partial charge in [-0.25, -0.2) is 0 Å². The largest absolute Gasteiger partial charge is 0.337 e. The van der Waals surface area contributed by atoms with E-state index in [1.807, 2.05) is 14.1 Å². The molecule has 1 N–H and O–H groups in total. The van der Waals surface area contributed by atoms with Crippen LogP contribution >= 0.6 is 0 Å². The van der Waals surface area contributed by atoms with Crippen molar-refractivity contribution in [2.75, 3.05) is 33.7 Å². The Hall–Kier alpha value is -0.610. The third-order valence-corrected chi connectivity index (χ3v) is 3.36. The molecular weight excluding hydrogens is 178 g/mol. The highest BCUT2D eigenvalue weighted by Gasteiger charge is 2.47. The Morgan fingerprint density at radius 2 is 2.36 bits per heavy atom. The van der Waals surface area contributed by atoms with Crippen LogP contribution in [0.3, 0.4) is 0 Å². The number of nitrogens with one attached hydrogen (secondary N) is 1. The van der Waals surface area contributed by atoms with Crippen molar-refractivity contribution in [3.63, 3.8) is 0 Å². The van der Waals surface area contributed by atoms with Gasteiger partial charge in [-0.05, 0) is 33.5 Å². The molecule has 1 amide bonds. The zero-order valence-corrected chi connectivity index (χ0v) is 8.99. The van der Waals surface area contributed by atoms with Gasteiger partial charge >= 0.3 is 0 Å². The molecule has 4 nitrogen and oxygen atoms in total. The molecule has 2 bridgehead atoms. The van der Waals surface area contributed by atoms with Crippen molar-refractivity contribution in [1.29, 1.82) is 0 Å². The van der Waals surface area contributed by atoms with Gasteiger partial charge < -0.3 is 10.2 Å². The second-order valence-electron chi connectivity index (χ2n) is 4.33. The van der Waals surface area contributed by atoms with E-state index >= 15 is 0 Å². The lowest BCUT2D eigenvalue weighted by Gasteiger charge is -2.31. The van der Waals surface area contributed by atoms with Crippen molar-refractivity contribution in [3.05, 3.63) is 0 Å². The molecule has 2 aliphatic heterocycles. The first kappa shape index (κ1) is 9.93. The summed E-state index contributed by atoms with van der Waals surface area (Å²) in [6.45, 7) is 2.99. The van der Waals surface area contributed by atoms with Crippen LogP contribution in [0, 0.1) is 0 Å². The van der Waals surface area contributed by atoms with Crippen molar-refractivity contribution >= 4 is 5.91 Å². The summed E-state index contributed by atoms with van der Waals surface area (Å²) in [6, 6.07) is 0.684. The molecule has 2 aliphatic rings. The Morgan fingerprint density at radius 1 is 1.57 bits per heavy atom.